The molecule has 0 saturated carbocycles. The maximum atomic E-state index is 6.66. The first-order valence-electron chi connectivity index (χ1n) is 6.60. The summed E-state index contributed by atoms with van der Waals surface area (Å²) >= 11 is 12.8. The van der Waals surface area contributed by atoms with Gasteiger partial charge in [0.15, 0.2) is 0 Å². The standard InChI is InChI=1S/C17H18Cl2O2/c1-10-6-16(18)11(2)5-15(10)17(19)12-7-13(20-3)9-14(8-12)21-4/h5-9,17H,1-4H3. The number of hydrogen-bond acceptors (Lipinski definition) is 2. The van der Waals surface area contributed by atoms with Gasteiger partial charge >= 0.3 is 0 Å². The molecule has 0 heterocycles. The molecule has 0 spiro atoms. The Morgan fingerprint density at radius 2 is 1.43 bits per heavy atom. The van der Waals surface area contributed by atoms with Crippen molar-refractivity contribution >= 4 is 23.2 Å². The van der Waals surface area contributed by atoms with Crippen LogP contribution in [0, 0.1) is 13.8 Å². The van der Waals surface area contributed by atoms with Crippen molar-refractivity contribution in [2.45, 2.75) is 19.2 Å². The second-order valence-electron chi connectivity index (χ2n) is 4.97. The summed E-state index contributed by atoms with van der Waals surface area (Å²) in [7, 11) is 3.25. The SMILES string of the molecule is COc1cc(OC)cc(C(Cl)c2cc(C)c(Cl)cc2C)c1. The molecule has 1 unspecified atom stereocenters. The number of aryl methyl sites for hydroxylation is 2. The van der Waals surface area contributed by atoms with Gasteiger partial charge in [-0.3, -0.25) is 0 Å². The van der Waals surface area contributed by atoms with Gasteiger partial charge in [-0.1, -0.05) is 17.7 Å². The molecule has 2 nitrogen and oxygen atoms in total. The quantitative estimate of drug-likeness (QED) is 0.710. The Morgan fingerprint density at radius 1 is 0.857 bits per heavy atom. The van der Waals surface area contributed by atoms with Crippen LogP contribution in [0.25, 0.3) is 0 Å². The van der Waals surface area contributed by atoms with E-state index in [4.69, 9.17) is 32.7 Å². The van der Waals surface area contributed by atoms with Gasteiger partial charge in [0, 0.05) is 11.1 Å². The number of methoxy groups -OCH3 is 2. The third-order valence-corrected chi connectivity index (χ3v) is 4.38. The van der Waals surface area contributed by atoms with E-state index in [-0.39, 0.29) is 5.38 Å². The molecule has 2 aromatic carbocycles. The van der Waals surface area contributed by atoms with Gasteiger partial charge in [-0.25, -0.2) is 0 Å². The molecule has 0 aromatic heterocycles. The highest BCUT2D eigenvalue weighted by atomic mass is 35.5. The lowest BCUT2D eigenvalue weighted by Crippen LogP contribution is -1.99. The summed E-state index contributed by atoms with van der Waals surface area (Å²) in [5, 5.41) is 0.466. The zero-order valence-electron chi connectivity index (χ0n) is 12.5. The molecule has 0 fully saturated rings. The molecule has 0 aliphatic heterocycles. The van der Waals surface area contributed by atoms with Crippen LogP contribution >= 0.6 is 23.2 Å². The Kier molecular flexibility index (Phi) is 5.02. The second kappa shape index (κ2) is 6.59. The van der Waals surface area contributed by atoms with Crippen molar-refractivity contribution in [3.63, 3.8) is 0 Å². The Morgan fingerprint density at radius 3 is 1.95 bits per heavy atom. The molecule has 0 saturated heterocycles. The van der Waals surface area contributed by atoms with Crippen molar-refractivity contribution in [1.29, 1.82) is 0 Å². The van der Waals surface area contributed by atoms with Crippen LogP contribution in [0.5, 0.6) is 11.5 Å². The summed E-state index contributed by atoms with van der Waals surface area (Å²) < 4.78 is 10.6. The van der Waals surface area contributed by atoms with Crippen LogP contribution in [0.4, 0.5) is 0 Å². The molecule has 112 valence electrons. The van der Waals surface area contributed by atoms with Crippen molar-refractivity contribution in [2.24, 2.45) is 0 Å². The first kappa shape index (κ1) is 16.0. The fourth-order valence-corrected chi connectivity index (χ4v) is 2.81. The van der Waals surface area contributed by atoms with Crippen molar-refractivity contribution in [3.8, 4) is 11.5 Å². The number of halogens is 2. The highest BCUT2D eigenvalue weighted by molar-refractivity contribution is 6.31. The maximum Gasteiger partial charge on any atom is 0.122 e. The monoisotopic (exact) mass is 324 g/mol. The second-order valence-corrected chi connectivity index (χ2v) is 5.81. The van der Waals surface area contributed by atoms with E-state index in [1.165, 1.54) is 0 Å². The Balaban J connectivity index is 2.49. The summed E-state index contributed by atoms with van der Waals surface area (Å²) in [4.78, 5) is 0. The van der Waals surface area contributed by atoms with E-state index >= 15 is 0 Å². The van der Waals surface area contributed by atoms with E-state index in [1.54, 1.807) is 14.2 Å². The van der Waals surface area contributed by atoms with E-state index in [0.29, 0.717) is 0 Å². The molecule has 0 bridgehead atoms. The first-order valence-corrected chi connectivity index (χ1v) is 7.41. The van der Waals surface area contributed by atoms with Gasteiger partial charge < -0.3 is 9.47 Å². The van der Waals surface area contributed by atoms with E-state index in [0.717, 1.165) is 38.8 Å². The molecule has 4 heteroatoms. The predicted octanol–water partition coefficient (Wildman–Crippen LogP) is 5.30. The lowest BCUT2D eigenvalue weighted by atomic mass is 9.97. The number of benzene rings is 2. The van der Waals surface area contributed by atoms with Crippen LogP contribution in [0.15, 0.2) is 30.3 Å². The number of alkyl halides is 1. The third kappa shape index (κ3) is 3.45. The molecule has 21 heavy (non-hydrogen) atoms. The molecule has 0 N–H and O–H groups in total. The minimum Gasteiger partial charge on any atom is -0.497 e. The minimum absolute atomic E-state index is 0.287. The van der Waals surface area contributed by atoms with Crippen molar-refractivity contribution in [1.82, 2.24) is 0 Å². The predicted molar refractivity (Wildman–Crippen MR) is 88.2 cm³/mol. The van der Waals surface area contributed by atoms with Crippen molar-refractivity contribution in [3.05, 3.63) is 57.6 Å². The number of hydrogen-bond donors (Lipinski definition) is 0. The Hall–Kier alpha value is -1.38. The van der Waals surface area contributed by atoms with Gasteiger partial charge in [-0.05, 0) is 54.3 Å². The molecule has 2 rings (SSSR count). The van der Waals surface area contributed by atoms with Crippen molar-refractivity contribution in [2.75, 3.05) is 14.2 Å². The van der Waals surface area contributed by atoms with E-state index in [9.17, 15) is 0 Å². The van der Waals surface area contributed by atoms with E-state index in [1.807, 2.05) is 44.2 Å². The lowest BCUT2D eigenvalue weighted by Gasteiger charge is -2.17. The van der Waals surface area contributed by atoms with Gasteiger partial charge in [0.25, 0.3) is 0 Å². The van der Waals surface area contributed by atoms with Gasteiger partial charge in [-0.15, -0.1) is 11.6 Å². The first-order chi connectivity index (χ1) is 9.96. The molecular weight excluding hydrogens is 307 g/mol. The van der Waals surface area contributed by atoms with Gasteiger partial charge in [0.05, 0.1) is 19.6 Å². The smallest absolute Gasteiger partial charge is 0.122 e. The molecule has 0 aliphatic carbocycles. The largest absolute Gasteiger partial charge is 0.497 e. The number of ether oxygens (including phenoxy) is 2. The van der Waals surface area contributed by atoms with Gasteiger partial charge in [0.1, 0.15) is 11.5 Å². The average molecular weight is 325 g/mol. The van der Waals surface area contributed by atoms with Crippen molar-refractivity contribution < 1.29 is 9.47 Å². The highest BCUT2D eigenvalue weighted by Gasteiger charge is 2.16. The minimum atomic E-state index is -0.287. The zero-order chi connectivity index (χ0) is 15.6. The summed E-state index contributed by atoms with van der Waals surface area (Å²) in [6.07, 6.45) is 0. The molecule has 1 atom stereocenters. The highest BCUT2D eigenvalue weighted by Crippen LogP contribution is 2.37. The van der Waals surface area contributed by atoms with E-state index < -0.39 is 0 Å². The molecule has 0 radical (unpaired) electrons. The summed E-state index contributed by atoms with van der Waals surface area (Å²) in [5.74, 6) is 1.44. The van der Waals surface area contributed by atoms with Crippen LogP contribution in [-0.4, -0.2) is 14.2 Å². The van der Waals surface area contributed by atoms with Gasteiger partial charge in [-0.2, -0.15) is 0 Å². The van der Waals surface area contributed by atoms with Crippen LogP contribution in [-0.2, 0) is 0 Å². The molecule has 2 aromatic rings. The molecule has 0 amide bonds. The zero-order valence-corrected chi connectivity index (χ0v) is 14.0. The number of rotatable bonds is 4. The van der Waals surface area contributed by atoms with Crippen LogP contribution in [0.3, 0.4) is 0 Å². The normalized spacial score (nSPS) is 12.1. The fraction of sp³-hybridized carbons (Fsp3) is 0.294. The summed E-state index contributed by atoms with van der Waals surface area (Å²) in [5.41, 5.74) is 4.04. The van der Waals surface area contributed by atoms with Crippen LogP contribution in [0.2, 0.25) is 5.02 Å². The van der Waals surface area contributed by atoms with Crippen LogP contribution < -0.4 is 9.47 Å². The maximum absolute atomic E-state index is 6.66. The fourth-order valence-electron chi connectivity index (χ4n) is 2.23. The average Bonchev–Trinajstić information content (AvgIpc) is 2.49. The van der Waals surface area contributed by atoms with Gasteiger partial charge in [0.2, 0.25) is 0 Å². The summed E-state index contributed by atoms with van der Waals surface area (Å²) in [6, 6.07) is 9.64. The van der Waals surface area contributed by atoms with E-state index in [2.05, 4.69) is 0 Å². The topological polar surface area (TPSA) is 18.5 Å². The summed E-state index contributed by atoms with van der Waals surface area (Å²) in [6.45, 7) is 3.98. The Labute approximate surface area is 135 Å². The Bertz CT molecular complexity index is 631. The third-order valence-electron chi connectivity index (χ3n) is 3.49. The molecule has 0 aliphatic rings. The molecular formula is C17H18Cl2O2. The van der Waals surface area contributed by atoms with Crippen LogP contribution in [0.1, 0.15) is 27.6 Å². The lowest BCUT2D eigenvalue weighted by molar-refractivity contribution is 0.393.